The average Bonchev–Trinajstić information content (AvgIpc) is 2.71. The van der Waals surface area contributed by atoms with Crippen LogP contribution in [-0.4, -0.2) is 39.1 Å². The second kappa shape index (κ2) is 8.36. The Labute approximate surface area is 168 Å². The molecule has 2 heterocycles. The summed E-state index contributed by atoms with van der Waals surface area (Å²) in [5.74, 6) is 3.51. The number of aliphatic carboxylic acids is 1. The molecule has 1 aliphatic heterocycles. The van der Waals surface area contributed by atoms with E-state index in [1.165, 1.54) is 12.1 Å². The van der Waals surface area contributed by atoms with Crippen LogP contribution in [0.2, 0.25) is 0 Å². The van der Waals surface area contributed by atoms with Gasteiger partial charge in [0.15, 0.2) is 5.69 Å². The zero-order chi connectivity index (χ0) is 21.9. The molecule has 2 aromatic rings. The Bertz CT molecular complexity index is 1040. The van der Waals surface area contributed by atoms with E-state index in [0.29, 0.717) is 12.8 Å². The fraction of sp³-hybridized carbons (Fsp3) is 0.316. The van der Waals surface area contributed by atoms with Crippen molar-refractivity contribution in [2.75, 3.05) is 18.0 Å². The van der Waals surface area contributed by atoms with E-state index in [4.69, 9.17) is 5.11 Å². The standard InChI is InChI=1S/C19H15F3N4O4/c20-19(21,22)14-3-1-2-12(10-14)4-5-15-16(26(29)30)17(24-11-23-15)25-8-6-13(7-9-25)18(27)28/h1-3,10-11,13H,6-9H2,(H,27,28). The lowest BCUT2D eigenvalue weighted by Crippen LogP contribution is -2.37. The van der Waals surface area contributed by atoms with Crippen molar-refractivity contribution in [2.45, 2.75) is 19.0 Å². The van der Waals surface area contributed by atoms with E-state index < -0.39 is 34.2 Å². The molecule has 156 valence electrons. The fourth-order valence-electron chi connectivity index (χ4n) is 3.10. The van der Waals surface area contributed by atoms with Gasteiger partial charge in [0, 0.05) is 18.7 Å². The van der Waals surface area contributed by atoms with Gasteiger partial charge in [-0.2, -0.15) is 13.2 Å². The summed E-state index contributed by atoms with van der Waals surface area (Å²) in [7, 11) is 0. The normalized spacial score (nSPS) is 14.7. The molecule has 1 aromatic carbocycles. The molecule has 0 aliphatic carbocycles. The zero-order valence-electron chi connectivity index (χ0n) is 15.4. The molecule has 11 heteroatoms. The summed E-state index contributed by atoms with van der Waals surface area (Å²) in [5.41, 5.74) is -1.55. The molecule has 1 N–H and O–H groups in total. The number of hydrogen-bond acceptors (Lipinski definition) is 6. The third-order valence-electron chi connectivity index (χ3n) is 4.64. The van der Waals surface area contributed by atoms with Crippen molar-refractivity contribution in [3.8, 4) is 11.8 Å². The molecule has 0 radical (unpaired) electrons. The first kappa shape index (κ1) is 21.0. The maximum absolute atomic E-state index is 12.8. The monoisotopic (exact) mass is 420 g/mol. The highest BCUT2D eigenvalue weighted by Gasteiger charge is 2.32. The van der Waals surface area contributed by atoms with Crippen LogP contribution in [0.3, 0.4) is 0 Å². The predicted octanol–water partition coefficient (Wildman–Crippen LogP) is 3.10. The second-order valence-electron chi connectivity index (χ2n) is 6.58. The lowest BCUT2D eigenvalue weighted by Gasteiger charge is -2.30. The van der Waals surface area contributed by atoms with Crippen LogP contribution in [-0.2, 0) is 11.0 Å². The first-order valence-electron chi connectivity index (χ1n) is 8.83. The van der Waals surface area contributed by atoms with Crippen molar-refractivity contribution in [1.29, 1.82) is 0 Å². The number of rotatable bonds is 3. The molecule has 3 rings (SSSR count). The first-order chi connectivity index (χ1) is 14.2. The van der Waals surface area contributed by atoms with Crippen LogP contribution in [0.15, 0.2) is 30.6 Å². The van der Waals surface area contributed by atoms with Gasteiger partial charge in [-0.25, -0.2) is 9.97 Å². The van der Waals surface area contributed by atoms with E-state index in [2.05, 4.69) is 21.8 Å². The Balaban J connectivity index is 1.93. The Morgan fingerprint density at radius 1 is 1.23 bits per heavy atom. The quantitative estimate of drug-likeness (QED) is 0.462. The lowest BCUT2D eigenvalue weighted by atomic mass is 9.97. The third kappa shape index (κ3) is 4.65. The number of hydrogen-bond donors (Lipinski definition) is 1. The van der Waals surface area contributed by atoms with Crippen LogP contribution in [0.4, 0.5) is 24.7 Å². The van der Waals surface area contributed by atoms with Crippen LogP contribution in [0.1, 0.15) is 29.7 Å². The molecule has 0 spiro atoms. The van der Waals surface area contributed by atoms with Gasteiger partial charge in [-0.1, -0.05) is 12.0 Å². The number of carboxylic acids is 1. The van der Waals surface area contributed by atoms with Gasteiger partial charge in [-0.15, -0.1) is 0 Å². The van der Waals surface area contributed by atoms with Gasteiger partial charge in [0.25, 0.3) is 0 Å². The predicted molar refractivity (Wildman–Crippen MR) is 98.7 cm³/mol. The van der Waals surface area contributed by atoms with Crippen LogP contribution in [0.5, 0.6) is 0 Å². The van der Waals surface area contributed by atoms with E-state index >= 15 is 0 Å². The Kier molecular flexibility index (Phi) is 5.86. The van der Waals surface area contributed by atoms with E-state index in [9.17, 15) is 28.1 Å². The number of aromatic nitrogens is 2. The maximum Gasteiger partial charge on any atom is 0.416 e. The van der Waals surface area contributed by atoms with E-state index in [0.717, 1.165) is 18.5 Å². The summed E-state index contributed by atoms with van der Waals surface area (Å²) < 4.78 is 38.5. The van der Waals surface area contributed by atoms with E-state index in [1.54, 1.807) is 4.90 Å². The number of halogens is 3. The van der Waals surface area contributed by atoms with E-state index in [1.807, 2.05) is 0 Å². The Hall–Kier alpha value is -3.68. The molecular formula is C19H15F3N4O4. The highest BCUT2D eigenvalue weighted by atomic mass is 19.4. The summed E-state index contributed by atoms with van der Waals surface area (Å²) in [6.07, 6.45) is -2.83. The molecule has 1 aliphatic rings. The van der Waals surface area contributed by atoms with Gasteiger partial charge in [-0.3, -0.25) is 14.9 Å². The molecule has 0 atom stereocenters. The van der Waals surface area contributed by atoms with Crippen LogP contribution < -0.4 is 4.90 Å². The van der Waals surface area contributed by atoms with Crippen molar-refractivity contribution < 1.29 is 28.0 Å². The van der Waals surface area contributed by atoms with Crippen LogP contribution in [0.25, 0.3) is 0 Å². The molecule has 0 amide bonds. The number of nitro groups is 1. The molecule has 0 saturated carbocycles. The van der Waals surface area contributed by atoms with Crippen LogP contribution in [0, 0.1) is 27.9 Å². The lowest BCUT2D eigenvalue weighted by molar-refractivity contribution is -0.384. The zero-order valence-corrected chi connectivity index (χ0v) is 15.4. The summed E-state index contributed by atoms with van der Waals surface area (Å²) in [4.78, 5) is 31.4. The van der Waals surface area contributed by atoms with Gasteiger partial charge in [0.05, 0.1) is 16.4 Å². The number of anilines is 1. The van der Waals surface area contributed by atoms with Gasteiger partial charge in [-0.05, 0) is 37.0 Å². The molecule has 1 saturated heterocycles. The average molecular weight is 420 g/mol. The van der Waals surface area contributed by atoms with Crippen LogP contribution >= 0.6 is 0 Å². The van der Waals surface area contributed by atoms with Crippen molar-refractivity contribution in [3.63, 3.8) is 0 Å². The van der Waals surface area contributed by atoms with Gasteiger partial charge < -0.3 is 10.0 Å². The minimum absolute atomic E-state index is 0.00665. The van der Waals surface area contributed by atoms with Crippen molar-refractivity contribution >= 4 is 17.5 Å². The summed E-state index contributed by atoms with van der Waals surface area (Å²) in [5, 5.41) is 20.7. The Morgan fingerprint density at radius 2 is 1.93 bits per heavy atom. The number of carboxylic acid groups (broad SMARTS) is 1. The molecule has 0 unspecified atom stereocenters. The number of nitrogens with zero attached hydrogens (tertiary/aromatic N) is 4. The molecule has 1 aromatic heterocycles. The van der Waals surface area contributed by atoms with Gasteiger partial charge in [0.1, 0.15) is 6.33 Å². The highest BCUT2D eigenvalue weighted by Crippen LogP contribution is 2.32. The largest absolute Gasteiger partial charge is 0.481 e. The van der Waals surface area contributed by atoms with Gasteiger partial charge in [0.2, 0.25) is 5.82 Å². The second-order valence-corrected chi connectivity index (χ2v) is 6.58. The van der Waals surface area contributed by atoms with Gasteiger partial charge >= 0.3 is 17.8 Å². The third-order valence-corrected chi connectivity index (χ3v) is 4.64. The summed E-state index contributed by atoms with van der Waals surface area (Å²) >= 11 is 0. The molecule has 0 bridgehead atoms. The summed E-state index contributed by atoms with van der Waals surface area (Å²) in [6.45, 7) is 0.518. The minimum atomic E-state index is -4.53. The summed E-state index contributed by atoms with van der Waals surface area (Å²) in [6, 6.07) is 4.29. The molecule has 1 fully saturated rings. The smallest absolute Gasteiger partial charge is 0.416 e. The number of piperidine rings is 1. The van der Waals surface area contributed by atoms with E-state index in [-0.39, 0.29) is 30.2 Å². The van der Waals surface area contributed by atoms with Crippen molar-refractivity contribution in [1.82, 2.24) is 9.97 Å². The molecule has 8 nitrogen and oxygen atoms in total. The fourth-order valence-corrected chi connectivity index (χ4v) is 3.10. The van der Waals surface area contributed by atoms with Crippen molar-refractivity contribution in [2.24, 2.45) is 5.92 Å². The SMILES string of the molecule is O=C(O)C1CCN(c2ncnc(C#Cc3cccc(C(F)(F)F)c3)c2[N+](=O)[O-])CC1. The Morgan fingerprint density at radius 3 is 2.53 bits per heavy atom. The maximum atomic E-state index is 12.8. The minimum Gasteiger partial charge on any atom is -0.481 e. The first-order valence-corrected chi connectivity index (χ1v) is 8.83. The topological polar surface area (TPSA) is 109 Å². The van der Waals surface area contributed by atoms with Crippen molar-refractivity contribution in [3.05, 3.63) is 57.5 Å². The number of alkyl halides is 3. The molecule has 30 heavy (non-hydrogen) atoms. The molecular weight excluding hydrogens is 405 g/mol. The highest BCUT2D eigenvalue weighted by molar-refractivity contribution is 5.71. The number of carbonyl (C=O) groups is 1. The number of benzene rings is 1.